The number of thiazole rings is 1. The van der Waals surface area contributed by atoms with E-state index in [4.69, 9.17) is 4.98 Å². The van der Waals surface area contributed by atoms with Crippen LogP contribution in [0.3, 0.4) is 0 Å². The van der Waals surface area contributed by atoms with Crippen molar-refractivity contribution in [3.05, 3.63) is 39.6 Å². The largest absolute Gasteiger partial charge is 0.370 e. The predicted molar refractivity (Wildman–Crippen MR) is 125 cm³/mol. The molecule has 166 valence electrons. The van der Waals surface area contributed by atoms with Gasteiger partial charge in [0.05, 0.1) is 29.0 Å². The highest BCUT2D eigenvalue weighted by Gasteiger charge is 2.29. The van der Waals surface area contributed by atoms with Crippen molar-refractivity contribution in [2.24, 2.45) is 0 Å². The van der Waals surface area contributed by atoms with E-state index in [-0.39, 0.29) is 5.91 Å². The van der Waals surface area contributed by atoms with Crippen LogP contribution in [0.5, 0.6) is 0 Å². The first-order valence-corrected chi connectivity index (χ1v) is 12.6. The standard InChI is InChI=1S/C24H33N5OS/c1-25-23(30)15-18-5-6-20(16-26-18)29-11-7-17(8-12-29)24-27-21-9-13-28(19-3-2-4-19)14-10-22(21)31-24/h5-6,16-17,19H,2-4,7-15H2,1H3,(H,25,30). The number of likely N-dealkylation sites (N-methyl/N-ethyl adjacent to an activating group) is 1. The van der Waals surface area contributed by atoms with Gasteiger partial charge in [0.25, 0.3) is 0 Å². The van der Waals surface area contributed by atoms with E-state index in [1.165, 1.54) is 49.5 Å². The maximum atomic E-state index is 11.5. The first kappa shape index (κ1) is 20.9. The molecule has 0 aromatic carbocycles. The van der Waals surface area contributed by atoms with Crippen molar-refractivity contribution in [3.63, 3.8) is 0 Å². The molecule has 1 aliphatic carbocycles. The van der Waals surface area contributed by atoms with Crippen LogP contribution in [-0.4, -0.2) is 60.0 Å². The maximum absolute atomic E-state index is 11.5. The number of fused-ring (bicyclic) bond motifs is 1. The Hall–Kier alpha value is -1.99. The van der Waals surface area contributed by atoms with Crippen molar-refractivity contribution < 1.29 is 4.79 Å². The molecule has 2 aromatic heterocycles. The lowest BCUT2D eigenvalue weighted by Crippen LogP contribution is -2.41. The molecule has 6 nitrogen and oxygen atoms in total. The van der Waals surface area contributed by atoms with Gasteiger partial charge in [0, 0.05) is 62.2 Å². The van der Waals surface area contributed by atoms with Crippen LogP contribution >= 0.6 is 11.3 Å². The molecular formula is C24H33N5OS. The molecule has 3 aliphatic rings. The first-order chi connectivity index (χ1) is 15.2. The molecule has 0 unspecified atom stereocenters. The molecule has 2 fully saturated rings. The van der Waals surface area contributed by atoms with Crippen molar-refractivity contribution in [2.75, 3.05) is 38.1 Å². The van der Waals surface area contributed by atoms with Crippen LogP contribution < -0.4 is 10.2 Å². The SMILES string of the molecule is CNC(=O)Cc1ccc(N2CCC(c3nc4c(s3)CCN(C3CCC3)CC4)CC2)cn1. The van der Waals surface area contributed by atoms with E-state index in [0.29, 0.717) is 12.3 Å². The minimum Gasteiger partial charge on any atom is -0.370 e. The summed E-state index contributed by atoms with van der Waals surface area (Å²) in [5, 5.41) is 4.02. The molecule has 1 saturated heterocycles. The van der Waals surface area contributed by atoms with Gasteiger partial charge in [-0.3, -0.25) is 14.7 Å². The van der Waals surface area contributed by atoms with E-state index in [1.807, 2.05) is 23.6 Å². The molecule has 1 amide bonds. The number of carbonyl (C=O) groups is 1. The molecule has 2 aromatic rings. The zero-order valence-corrected chi connectivity index (χ0v) is 19.3. The molecule has 5 rings (SSSR count). The van der Waals surface area contributed by atoms with Crippen LogP contribution in [0.1, 0.15) is 59.3 Å². The molecule has 0 spiro atoms. The number of hydrogen-bond acceptors (Lipinski definition) is 6. The average Bonchev–Trinajstić information content (AvgIpc) is 3.08. The average molecular weight is 440 g/mol. The molecule has 0 bridgehead atoms. The highest BCUT2D eigenvalue weighted by Crippen LogP contribution is 2.36. The zero-order valence-electron chi connectivity index (χ0n) is 18.5. The number of pyridine rings is 1. The highest BCUT2D eigenvalue weighted by atomic mass is 32.1. The minimum atomic E-state index is -0.00124. The summed E-state index contributed by atoms with van der Waals surface area (Å²) in [6, 6.07) is 4.93. The fraction of sp³-hybridized carbons (Fsp3) is 0.625. The normalized spacial score (nSPS) is 20.7. The van der Waals surface area contributed by atoms with Gasteiger partial charge < -0.3 is 10.2 Å². The van der Waals surface area contributed by atoms with Gasteiger partial charge in [0.1, 0.15) is 0 Å². The summed E-state index contributed by atoms with van der Waals surface area (Å²) < 4.78 is 0. The summed E-state index contributed by atoms with van der Waals surface area (Å²) in [5.74, 6) is 0.593. The Bertz CT molecular complexity index is 874. The van der Waals surface area contributed by atoms with Gasteiger partial charge >= 0.3 is 0 Å². The predicted octanol–water partition coefficient (Wildman–Crippen LogP) is 3.16. The lowest BCUT2D eigenvalue weighted by atomic mass is 9.91. The fourth-order valence-corrected chi connectivity index (χ4v) is 6.31. The maximum Gasteiger partial charge on any atom is 0.225 e. The van der Waals surface area contributed by atoms with E-state index in [0.717, 1.165) is 49.8 Å². The molecular weight excluding hydrogens is 406 g/mol. The third-order valence-electron chi connectivity index (χ3n) is 7.29. The Morgan fingerprint density at radius 2 is 1.94 bits per heavy atom. The van der Waals surface area contributed by atoms with E-state index in [9.17, 15) is 4.79 Å². The Labute approximate surface area is 189 Å². The third kappa shape index (κ3) is 4.62. The molecule has 0 radical (unpaired) electrons. The number of carbonyl (C=O) groups excluding carboxylic acids is 1. The van der Waals surface area contributed by atoms with Crippen LogP contribution in [0.2, 0.25) is 0 Å². The fourth-order valence-electron chi connectivity index (χ4n) is 5.04. The molecule has 1 saturated carbocycles. The van der Waals surface area contributed by atoms with Crippen molar-refractivity contribution >= 4 is 22.9 Å². The van der Waals surface area contributed by atoms with Gasteiger partial charge in [-0.1, -0.05) is 6.42 Å². The summed E-state index contributed by atoms with van der Waals surface area (Å²) >= 11 is 1.99. The summed E-state index contributed by atoms with van der Waals surface area (Å²) in [7, 11) is 1.66. The minimum absolute atomic E-state index is 0.00124. The van der Waals surface area contributed by atoms with Crippen LogP contribution in [0.15, 0.2) is 18.3 Å². The molecule has 2 aliphatic heterocycles. The van der Waals surface area contributed by atoms with Crippen molar-refractivity contribution in [2.45, 2.75) is 63.3 Å². The lowest BCUT2D eigenvalue weighted by molar-refractivity contribution is -0.120. The second kappa shape index (κ2) is 9.25. The molecule has 7 heteroatoms. The summed E-state index contributed by atoms with van der Waals surface area (Å²) in [6.45, 7) is 4.50. The van der Waals surface area contributed by atoms with Gasteiger partial charge in [-0.05, 0) is 44.2 Å². The number of amides is 1. The van der Waals surface area contributed by atoms with E-state index in [2.05, 4.69) is 26.2 Å². The summed E-state index contributed by atoms with van der Waals surface area (Å²) in [5.41, 5.74) is 3.36. The van der Waals surface area contributed by atoms with Crippen molar-refractivity contribution in [1.82, 2.24) is 20.2 Å². The number of aromatic nitrogens is 2. The summed E-state index contributed by atoms with van der Waals surface area (Å²) in [4.78, 5) is 27.8. The third-order valence-corrected chi connectivity index (χ3v) is 8.61. The summed E-state index contributed by atoms with van der Waals surface area (Å²) in [6.07, 6.45) is 11.1. The van der Waals surface area contributed by atoms with Crippen LogP contribution in [0.25, 0.3) is 0 Å². The number of anilines is 1. The second-order valence-electron chi connectivity index (χ2n) is 9.16. The van der Waals surface area contributed by atoms with E-state index >= 15 is 0 Å². The van der Waals surface area contributed by atoms with E-state index in [1.54, 1.807) is 11.9 Å². The van der Waals surface area contributed by atoms with E-state index < -0.39 is 0 Å². The quantitative estimate of drug-likeness (QED) is 0.775. The number of piperidine rings is 1. The second-order valence-corrected chi connectivity index (χ2v) is 10.3. The van der Waals surface area contributed by atoms with Crippen molar-refractivity contribution in [1.29, 1.82) is 0 Å². The number of nitrogens with zero attached hydrogens (tertiary/aromatic N) is 4. The number of hydrogen-bond donors (Lipinski definition) is 1. The monoisotopic (exact) mass is 439 g/mol. The Kier molecular flexibility index (Phi) is 6.23. The number of rotatable bonds is 5. The molecule has 31 heavy (non-hydrogen) atoms. The van der Waals surface area contributed by atoms with Gasteiger partial charge in [0.15, 0.2) is 0 Å². The molecule has 0 atom stereocenters. The number of nitrogens with one attached hydrogen (secondary N) is 1. The van der Waals surface area contributed by atoms with Crippen LogP contribution in [0.4, 0.5) is 5.69 Å². The molecule has 4 heterocycles. The van der Waals surface area contributed by atoms with Gasteiger partial charge in [-0.25, -0.2) is 4.98 Å². The van der Waals surface area contributed by atoms with Gasteiger partial charge in [-0.2, -0.15) is 0 Å². The Morgan fingerprint density at radius 3 is 2.61 bits per heavy atom. The highest BCUT2D eigenvalue weighted by molar-refractivity contribution is 7.11. The first-order valence-electron chi connectivity index (χ1n) is 11.8. The Balaban J connectivity index is 1.16. The Morgan fingerprint density at radius 1 is 1.13 bits per heavy atom. The van der Waals surface area contributed by atoms with Gasteiger partial charge in [-0.15, -0.1) is 11.3 Å². The van der Waals surface area contributed by atoms with Gasteiger partial charge in [0.2, 0.25) is 5.91 Å². The van der Waals surface area contributed by atoms with Crippen molar-refractivity contribution in [3.8, 4) is 0 Å². The molecule has 1 N–H and O–H groups in total. The van der Waals surface area contributed by atoms with Crippen LogP contribution in [-0.2, 0) is 24.1 Å². The topological polar surface area (TPSA) is 61.4 Å². The van der Waals surface area contributed by atoms with Crippen LogP contribution in [0, 0.1) is 0 Å². The zero-order chi connectivity index (χ0) is 21.2. The smallest absolute Gasteiger partial charge is 0.225 e. The lowest BCUT2D eigenvalue weighted by Gasteiger charge is -2.36.